The maximum Gasteiger partial charge on any atom is 0.336 e. The average molecular weight is 692 g/mol. The molecular weight excluding hydrogens is 660 g/mol. The van der Waals surface area contributed by atoms with Gasteiger partial charge in [-0.05, 0) is 84.7 Å². The van der Waals surface area contributed by atoms with Crippen LogP contribution in [-0.2, 0) is 35.5 Å². The van der Waals surface area contributed by atoms with Gasteiger partial charge in [0.25, 0.3) is 11.1 Å². The van der Waals surface area contributed by atoms with Crippen LogP contribution in [0.4, 0.5) is 4.39 Å². The third-order valence-corrected chi connectivity index (χ3v) is 7.54. The smallest absolute Gasteiger partial charge is 0.314 e. The second-order valence-electron chi connectivity index (χ2n) is 10.4. The summed E-state index contributed by atoms with van der Waals surface area (Å²) in [7, 11) is 0.957. The van der Waals surface area contributed by atoms with Gasteiger partial charge in [0.05, 0.1) is 16.6 Å². The Kier molecular flexibility index (Phi) is 9.27. The van der Waals surface area contributed by atoms with Gasteiger partial charge in [-0.1, -0.05) is 18.2 Å². The quantitative estimate of drug-likeness (QED) is 0.286. The first-order chi connectivity index (χ1) is 19.3. The molecule has 0 atom stereocenters. The molecule has 4 aromatic rings. The largest absolute Gasteiger partial charge is 0.336 e. The summed E-state index contributed by atoms with van der Waals surface area (Å²) >= 11 is 2.02. The van der Waals surface area contributed by atoms with E-state index in [2.05, 4.69) is 0 Å². The molecule has 1 aliphatic carbocycles. The number of halogens is 2. The predicted molar refractivity (Wildman–Crippen MR) is 168 cm³/mol. The molecular formula is C30H31FIN3O5S. The number of ketones is 1. The van der Waals surface area contributed by atoms with Crippen molar-refractivity contribution in [3.05, 3.63) is 105 Å². The van der Waals surface area contributed by atoms with Crippen LogP contribution in [-0.4, -0.2) is 36.2 Å². The molecule has 0 spiro atoms. The number of benzene rings is 2. The number of pyridine rings is 1. The molecule has 2 aromatic heterocycles. The summed E-state index contributed by atoms with van der Waals surface area (Å²) in [5, 5.41) is 0.223. The number of Topliss-reactive ketones (excluding diaryl/α,β-unsaturated/α-hetero) is 1. The first-order valence-electron chi connectivity index (χ1n) is 13.0. The number of aryl methyl sites for hydroxylation is 1. The summed E-state index contributed by atoms with van der Waals surface area (Å²) in [4.78, 5) is 52.8. The SMILES string of the molecule is CC(=O)Cc1cccc(-n2c(=O)n(C3CC3)c(=O)c3c(Cc4ccc(I)cc4F)n(C)c(=O)c(C)c32)c1.CS(C)=O. The van der Waals surface area contributed by atoms with Crippen LogP contribution in [0.25, 0.3) is 16.6 Å². The highest BCUT2D eigenvalue weighted by Crippen LogP contribution is 2.33. The van der Waals surface area contributed by atoms with Crippen LogP contribution in [0.15, 0.2) is 56.8 Å². The van der Waals surface area contributed by atoms with Gasteiger partial charge in [0, 0.05) is 64.1 Å². The fourth-order valence-corrected chi connectivity index (χ4v) is 5.38. The topological polar surface area (TPSA) is 100 Å². The Bertz CT molecular complexity index is 1880. The molecule has 1 fully saturated rings. The van der Waals surface area contributed by atoms with Gasteiger partial charge < -0.3 is 4.57 Å². The van der Waals surface area contributed by atoms with E-state index < -0.39 is 27.9 Å². The fourth-order valence-electron chi connectivity index (χ4n) is 4.92. The van der Waals surface area contributed by atoms with Crippen molar-refractivity contribution in [1.29, 1.82) is 0 Å². The number of hydrogen-bond donors (Lipinski definition) is 0. The van der Waals surface area contributed by atoms with E-state index in [0.717, 1.165) is 9.13 Å². The molecule has 0 radical (unpaired) electrons. The number of aromatic nitrogens is 3. The minimum absolute atomic E-state index is 0.00770. The van der Waals surface area contributed by atoms with Gasteiger partial charge in [-0.3, -0.25) is 27.7 Å². The molecule has 0 amide bonds. The van der Waals surface area contributed by atoms with Crippen LogP contribution < -0.4 is 16.8 Å². The van der Waals surface area contributed by atoms with E-state index in [1.54, 1.807) is 62.9 Å². The standard InChI is InChI=1S/C28H25FIN3O4.C2H6OS/c1-15(34)11-17-5-4-6-21(12-17)32-25-16(2)26(35)31(3)23(13-18-7-8-19(30)14-22(18)29)24(25)27(36)33(28(32)37)20-9-10-20;1-4(2)3/h4-8,12,14,20H,9-11,13H2,1-3H3;1-2H3. The Morgan fingerprint density at radius 3 is 2.32 bits per heavy atom. The van der Waals surface area contributed by atoms with Crippen LogP contribution in [0.2, 0.25) is 0 Å². The molecule has 0 aliphatic heterocycles. The number of rotatable bonds is 6. The van der Waals surface area contributed by atoms with E-state index in [1.165, 1.54) is 26.7 Å². The highest BCUT2D eigenvalue weighted by atomic mass is 127. The molecule has 41 heavy (non-hydrogen) atoms. The van der Waals surface area contributed by atoms with Crippen molar-refractivity contribution in [2.75, 3.05) is 12.5 Å². The van der Waals surface area contributed by atoms with E-state index in [4.69, 9.17) is 0 Å². The maximum atomic E-state index is 14.9. The summed E-state index contributed by atoms with van der Waals surface area (Å²) in [5.74, 6) is -0.454. The van der Waals surface area contributed by atoms with Crippen molar-refractivity contribution in [3.63, 3.8) is 0 Å². The number of carbonyl (C=O) groups is 1. The summed E-state index contributed by atoms with van der Waals surface area (Å²) in [6.07, 6.45) is 4.89. The van der Waals surface area contributed by atoms with Crippen LogP contribution >= 0.6 is 22.6 Å². The zero-order valence-corrected chi connectivity index (χ0v) is 26.5. The van der Waals surface area contributed by atoms with E-state index >= 15 is 0 Å². The van der Waals surface area contributed by atoms with Crippen molar-refractivity contribution in [2.24, 2.45) is 7.05 Å². The summed E-state index contributed by atoms with van der Waals surface area (Å²) in [6, 6.07) is 11.6. The van der Waals surface area contributed by atoms with Gasteiger partial charge in [0.15, 0.2) is 0 Å². The van der Waals surface area contributed by atoms with E-state index in [1.807, 2.05) is 22.6 Å². The lowest BCUT2D eigenvalue weighted by molar-refractivity contribution is -0.116. The average Bonchev–Trinajstić information content (AvgIpc) is 3.71. The molecule has 11 heteroatoms. The molecule has 2 aromatic carbocycles. The number of nitrogens with zero attached hydrogens (tertiary/aromatic N) is 3. The fraction of sp³-hybridized carbons (Fsp3) is 0.333. The monoisotopic (exact) mass is 691 g/mol. The molecule has 1 aliphatic rings. The first kappa shape index (κ1) is 30.8. The lowest BCUT2D eigenvalue weighted by atomic mass is 10.0. The second-order valence-corrected chi connectivity index (χ2v) is 13.1. The molecule has 5 rings (SSSR count). The molecule has 1 saturated carbocycles. The molecule has 216 valence electrons. The number of hydrogen-bond acceptors (Lipinski definition) is 5. The zero-order valence-electron chi connectivity index (χ0n) is 23.5. The highest BCUT2D eigenvalue weighted by Gasteiger charge is 2.31. The lowest BCUT2D eigenvalue weighted by Gasteiger charge is -2.20. The van der Waals surface area contributed by atoms with Gasteiger partial charge >= 0.3 is 5.69 Å². The Balaban J connectivity index is 0.000000909. The van der Waals surface area contributed by atoms with Crippen molar-refractivity contribution in [1.82, 2.24) is 13.7 Å². The molecule has 2 heterocycles. The minimum atomic E-state index is -0.611. The molecule has 8 nitrogen and oxygen atoms in total. The van der Waals surface area contributed by atoms with Crippen LogP contribution in [0.1, 0.15) is 48.2 Å². The normalized spacial score (nSPS) is 12.9. The van der Waals surface area contributed by atoms with Crippen LogP contribution in [0, 0.1) is 16.3 Å². The third kappa shape index (κ3) is 6.50. The molecule has 0 unspecified atom stereocenters. The third-order valence-electron chi connectivity index (χ3n) is 6.87. The van der Waals surface area contributed by atoms with Gasteiger partial charge in [-0.25, -0.2) is 9.18 Å². The molecule has 0 bridgehead atoms. The Labute approximate surface area is 252 Å². The summed E-state index contributed by atoms with van der Waals surface area (Å²) in [6.45, 7) is 3.08. The van der Waals surface area contributed by atoms with Crippen molar-refractivity contribution in [2.45, 2.75) is 45.6 Å². The summed E-state index contributed by atoms with van der Waals surface area (Å²) < 4.78 is 29.2. The Morgan fingerprint density at radius 2 is 1.73 bits per heavy atom. The van der Waals surface area contributed by atoms with Gasteiger partial charge in [0.1, 0.15) is 11.6 Å². The van der Waals surface area contributed by atoms with Gasteiger partial charge in [-0.15, -0.1) is 0 Å². The lowest BCUT2D eigenvalue weighted by Crippen LogP contribution is -2.41. The number of fused-ring (bicyclic) bond motifs is 1. The van der Waals surface area contributed by atoms with E-state index in [0.29, 0.717) is 29.8 Å². The molecule has 0 N–H and O–H groups in total. The van der Waals surface area contributed by atoms with E-state index in [9.17, 15) is 27.8 Å². The Hall–Kier alpha value is -3.19. The zero-order chi connectivity index (χ0) is 30.2. The predicted octanol–water partition coefficient (Wildman–Crippen LogP) is 3.96. The van der Waals surface area contributed by atoms with Crippen LogP contribution in [0.5, 0.6) is 0 Å². The minimum Gasteiger partial charge on any atom is -0.314 e. The maximum absolute atomic E-state index is 14.9. The van der Waals surface area contributed by atoms with Gasteiger partial charge in [-0.2, -0.15) is 0 Å². The molecule has 0 saturated heterocycles. The van der Waals surface area contributed by atoms with E-state index in [-0.39, 0.29) is 46.7 Å². The van der Waals surface area contributed by atoms with Crippen molar-refractivity contribution < 1.29 is 13.4 Å². The first-order valence-corrected chi connectivity index (χ1v) is 16.0. The van der Waals surface area contributed by atoms with Crippen molar-refractivity contribution >= 4 is 50.1 Å². The second kappa shape index (κ2) is 12.4. The highest BCUT2D eigenvalue weighted by molar-refractivity contribution is 14.1. The summed E-state index contributed by atoms with van der Waals surface area (Å²) in [5.41, 5.74) is 0.973. The Morgan fingerprint density at radius 1 is 1.07 bits per heavy atom. The van der Waals surface area contributed by atoms with Crippen molar-refractivity contribution in [3.8, 4) is 5.69 Å². The number of carbonyl (C=O) groups excluding carboxylic acids is 1. The van der Waals surface area contributed by atoms with Crippen LogP contribution in [0.3, 0.4) is 0 Å². The van der Waals surface area contributed by atoms with Gasteiger partial charge in [0.2, 0.25) is 0 Å².